The Balaban J connectivity index is 1.78. The van der Waals surface area contributed by atoms with E-state index in [9.17, 15) is 14.4 Å². The molecule has 0 unspecified atom stereocenters. The van der Waals surface area contributed by atoms with E-state index >= 15 is 0 Å². The standard InChI is InChI=1S/C19H17NO5S/c1-3-20-17(21)16(26-19(20)23)11-14-9-10-15(25-14)12-5-7-13(8-6-12)18(22)24-4-2/h5-11H,3-4H2,1-2H3/b16-11+. The van der Waals surface area contributed by atoms with Gasteiger partial charge in [-0.05, 0) is 49.9 Å². The van der Waals surface area contributed by atoms with Crippen LogP contribution in [0.25, 0.3) is 17.4 Å². The second-order valence-corrected chi connectivity index (χ2v) is 6.42. The summed E-state index contributed by atoms with van der Waals surface area (Å²) < 4.78 is 10.7. The van der Waals surface area contributed by atoms with E-state index in [2.05, 4.69) is 0 Å². The van der Waals surface area contributed by atoms with Crippen molar-refractivity contribution in [1.82, 2.24) is 4.90 Å². The minimum atomic E-state index is -0.370. The van der Waals surface area contributed by atoms with Crippen LogP contribution in [0.15, 0.2) is 45.7 Å². The van der Waals surface area contributed by atoms with E-state index in [1.165, 1.54) is 4.90 Å². The van der Waals surface area contributed by atoms with Gasteiger partial charge in [-0.1, -0.05) is 12.1 Å². The third-order valence-corrected chi connectivity index (χ3v) is 4.68. The molecule has 1 aliphatic heterocycles. The maximum atomic E-state index is 12.1. The molecule has 3 rings (SSSR count). The zero-order valence-corrected chi connectivity index (χ0v) is 15.2. The minimum absolute atomic E-state index is 0.273. The largest absolute Gasteiger partial charge is 0.462 e. The van der Waals surface area contributed by atoms with Gasteiger partial charge in [0.2, 0.25) is 0 Å². The molecule has 1 aromatic heterocycles. The molecular formula is C19H17NO5S. The molecule has 0 spiro atoms. The Kier molecular flexibility index (Phi) is 5.27. The van der Waals surface area contributed by atoms with Crippen LogP contribution >= 0.6 is 11.8 Å². The summed E-state index contributed by atoms with van der Waals surface area (Å²) in [6.07, 6.45) is 1.57. The molecule has 26 heavy (non-hydrogen) atoms. The number of imide groups is 1. The highest BCUT2D eigenvalue weighted by Crippen LogP contribution is 2.33. The molecular weight excluding hydrogens is 354 g/mol. The number of carbonyl (C=O) groups excluding carboxylic acids is 3. The Labute approximate surface area is 154 Å². The van der Waals surface area contributed by atoms with Crippen LogP contribution in [0.4, 0.5) is 4.79 Å². The van der Waals surface area contributed by atoms with Crippen molar-refractivity contribution < 1.29 is 23.5 Å². The number of ether oxygens (including phenoxy) is 1. The molecule has 6 nitrogen and oxygen atoms in total. The van der Waals surface area contributed by atoms with Gasteiger partial charge in [-0.15, -0.1) is 0 Å². The molecule has 2 amide bonds. The van der Waals surface area contributed by atoms with Gasteiger partial charge in [0, 0.05) is 18.2 Å². The summed E-state index contributed by atoms with van der Waals surface area (Å²) in [5, 5.41) is -0.273. The highest BCUT2D eigenvalue weighted by molar-refractivity contribution is 8.18. The van der Waals surface area contributed by atoms with Gasteiger partial charge in [0.05, 0.1) is 17.1 Å². The monoisotopic (exact) mass is 371 g/mol. The Morgan fingerprint density at radius 1 is 1.15 bits per heavy atom. The number of likely N-dealkylation sites (N-methyl/N-ethyl adjacent to an activating group) is 1. The van der Waals surface area contributed by atoms with Crippen LogP contribution in [-0.4, -0.2) is 35.2 Å². The second kappa shape index (κ2) is 7.61. The number of nitrogens with zero attached hydrogens (tertiary/aromatic N) is 1. The Morgan fingerprint density at radius 2 is 1.88 bits per heavy atom. The fourth-order valence-electron chi connectivity index (χ4n) is 2.47. The fourth-order valence-corrected chi connectivity index (χ4v) is 3.36. The highest BCUT2D eigenvalue weighted by Gasteiger charge is 2.33. The van der Waals surface area contributed by atoms with E-state index in [4.69, 9.17) is 9.15 Å². The number of esters is 1. The fraction of sp³-hybridized carbons (Fsp3) is 0.211. The molecule has 0 N–H and O–H groups in total. The van der Waals surface area contributed by atoms with E-state index in [0.29, 0.717) is 35.1 Å². The number of hydrogen-bond donors (Lipinski definition) is 0. The lowest BCUT2D eigenvalue weighted by atomic mass is 10.1. The summed E-state index contributed by atoms with van der Waals surface area (Å²) in [7, 11) is 0. The number of hydrogen-bond acceptors (Lipinski definition) is 6. The van der Waals surface area contributed by atoms with Gasteiger partial charge in [0.15, 0.2) is 0 Å². The SMILES string of the molecule is CCOC(=O)c1ccc(-c2ccc(/C=C3/SC(=O)N(CC)C3=O)o2)cc1. The summed E-state index contributed by atoms with van der Waals surface area (Å²) in [6, 6.07) is 10.4. The molecule has 1 saturated heterocycles. The zero-order chi connectivity index (χ0) is 18.7. The molecule has 0 aliphatic carbocycles. The van der Waals surface area contributed by atoms with Crippen LogP contribution in [0.1, 0.15) is 30.0 Å². The van der Waals surface area contributed by atoms with Crippen molar-refractivity contribution in [2.24, 2.45) is 0 Å². The second-order valence-electron chi connectivity index (χ2n) is 5.43. The normalized spacial score (nSPS) is 15.8. The van der Waals surface area contributed by atoms with Crippen molar-refractivity contribution in [3.8, 4) is 11.3 Å². The van der Waals surface area contributed by atoms with Crippen molar-refractivity contribution in [2.45, 2.75) is 13.8 Å². The number of rotatable bonds is 5. The highest BCUT2D eigenvalue weighted by atomic mass is 32.2. The number of furan rings is 1. The molecule has 0 radical (unpaired) electrons. The predicted octanol–water partition coefficient (Wildman–Crippen LogP) is 4.18. The maximum absolute atomic E-state index is 12.1. The number of thioether (sulfide) groups is 1. The Bertz CT molecular complexity index is 882. The summed E-state index contributed by atoms with van der Waals surface area (Å²) in [5.41, 5.74) is 1.26. The molecule has 1 aromatic carbocycles. The summed E-state index contributed by atoms with van der Waals surface area (Å²) >= 11 is 0.903. The van der Waals surface area contributed by atoms with E-state index in [-0.39, 0.29) is 17.1 Å². The Hall–Kier alpha value is -2.80. The first kappa shape index (κ1) is 18.0. The van der Waals surface area contributed by atoms with Gasteiger partial charge >= 0.3 is 5.97 Å². The summed E-state index contributed by atoms with van der Waals surface area (Å²) in [4.78, 5) is 37.1. The molecule has 2 aromatic rings. The topological polar surface area (TPSA) is 76.8 Å². The molecule has 1 aliphatic rings. The van der Waals surface area contributed by atoms with E-state index in [1.54, 1.807) is 56.3 Å². The lowest BCUT2D eigenvalue weighted by Crippen LogP contribution is -2.27. The van der Waals surface area contributed by atoms with Crippen LogP contribution in [0, 0.1) is 0 Å². The number of carbonyl (C=O) groups is 3. The van der Waals surface area contributed by atoms with E-state index in [0.717, 1.165) is 17.3 Å². The van der Waals surface area contributed by atoms with Gasteiger partial charge in [-0.25, -0.2) is 4.79 Å². The smallest absolute Gasteiger partial charge is 0.338 e. The first-order valence-corrected chi connectivity index (χ1v) is 8.98. The zero-order valence-electron chi connectivity index (χ0n) is 14.4. The van der Waals surface area contributed by atoms with Crippen LogP contribution in [0.3, 0.4) is 0 Å². The van der Waals surface area contributed by atoms with Crippen LogP contribution in [0.2, 0.25) is 0 Å². The number of amides is 2. The molecule has 7 heteroatoms. The van der Waals surface area contributed by atoms with Gasteiger partial charge in [0.1, 0.15) is 11.5 Å². The average molecular weight is 371 g/mol. The molecule has 2 heterocycles. The average Bonchev–Trinajstić information content (AvgIpc) is 3.20. The lowest BCUT2D eigenvalue weighted by molar-refractivity contribution is -0.122. The van der Waals surface area contributed by atoms with Crippen molar-refractivity contribution in [3.05, 3.63) is 52.6 Å². The molecule has 1 fully saturated rings. The maximum Gasteiger partial charge on any atom is 0.338 e. The van der Waals surface area contributed by atoms with Crippen LogP contribution in [-0.2, 0) is 9.53 Å². The van der Waals surface area contributed by atoms with Gasteiger partial charge in [-0.2, -0.15) is 0 Å². The van der Waals surface area contributed by atoms with Gasteiger partial charge in [-0.3, -0.25) is 14.5 Å². The Morgan fingerprint density at radius 3 is 2.50 bits per heavy atom. The first-order valence-electron chi connectivity index (χ1n) is 8.16. The quantitative estimate of drug-likeness (QED) is 0.580. The van der Waals surface area contributed by atoms with Gasteiger partial charge < -0.3 is 9.15 Å². The molecule has 0 saturated carbocycles. The summed E-state index contributed by atoms with van der Waals surface area (Å²) in [6.45, 7) is 4.18. The van der Waals surface area contributed by atoms with Gasteiger partial charge in [0.25, 0.3) is 11.1 Å². The molecule has 0 atom stereocenters. The van der Waals surface area contributed by atoms with E-state index in [1.807, 2.05) is 0 Å². The van der Waals surface area contributed by atoms with Crippen molar-refractivity contribution in [1.29, 1.82) is 0 Å². The summed E-state index contributed by atoms with van der Waals surface area (Å²) in [5.74, 6) is 0.405. The van der Waals surface area contributed by atoms with Crippen LogP contribution < -0.4 is 0 Å². The third-order valence-electron chi connectivity index (χ3n) is 3.77. The molecule has 0 bridgehead atoms. The van der Waals surface area contributed by atoms with E-state index < -0.39 is 0 Å². The third kappa shape index (κ3) is 3.57. The van der Waals surface area contributed by atoms with Crippen molar-refractivity contribution in [2.75, 3.05) is 13.2 Å². The minimum Gasteiger partial charge on any atom is -0.462 e. The van der Waals surface area contributed by atoms with Crippen molar-refractivity contribution >= 4 is 35.0 Å². The van der Waals surface area contributed by atoms with Crippen molar-refractivity contribution in [3.63, 3.8) is 0 Å². The lowest BCUT2D eigenvalue weighted by Gasteiger charge is -2.06. The first-order chi connectivity index (χ1) is 12.5. The molecule has 134 valence electrons. The predicted molar refractivity (Wildman–Crippen MR) is 98.5 cm³/mol. The number of benzene rings is 1. The van der Waals surface area contributed by atoms with Crippen LogP contribution in [0.5, 0.6) is 0 Å².